The van der Waals surface area contributed by atoms with Gasteiger partial charge in [-0.15, -0.1) is 5.10 Å². The molecule has 2 aromatic rings. The highest BCUT2D eigenvalue weighted by Crippen LogP contribution is 2.30. The zero-order valence-electron chi connectivity index (χ0n) is 11.2. The fraction of sp³-hybridized carbons (Fsp3) is 0. The van der Waals surface area contributed by atoms with Gasteiger partial charge in [-0.1, -0.05) is 23.7 Å². The lowest BCUT2D eigenvalue weighted by Gasteiger charge is -2.01. The molecule has 5 nitrogen and oxygen atoms in total. The van der Waals surface area contributed by atoms with Crippen LogP contribution in [0.2, 0.25) is 5.02 Å². The number of para-hydroxylation sites is 1. The molecule has 0 aromatic heterocycles. The SMILES string of the molecule is O=c1c2cc3cccc(O)c3oc-2nn1-c1ccc(Cl)cc1. The summed E-state index contributed by atoms with van der Waals surface area (Å²) >= 11 is 5.85. The van der Waals surface area contributed by atoms with Crippen LogP contribution in [0.3, 0.4) is 0 Å². The minimum Gasteiger partial charge on any atom is -0.504 e. The second kappa shape index (κ2) is 4.61. The highest BCUT2D eigenvalue weighted by Gasteiger charge is 2.20. The van der Waals surface area contributed by atoms with E-state index in [1.165, 1.54) is 10.7 Å². The monoisotopic (exact) mass is 312 g/mol. The Labute approximate surface area is 129 Å². The molecule has 0 saturated heterocycles. The number of fused-ring (bicyclic) bond motifs is 2. The van der Waals surface area contributed by atoms with Crippen molar-refractivity contribution in [2.75, 3.05) is 0 Å². The normalized spacial score (nSPS) is 11.3. The predicted molar refractivity (Wildman–Crippen MR) is 82.9 cm³/mol. The first-order chi connectivity index (χ1) is 10.6. The molecule has 0 atom stereocenters. The minimum absolute atomic E-state index is 0.00731. The fourth-order valence-electron chi connectivity index (χ4n) is 2.37. The summed E-state index contributed by atoms with van der Waals surface area (Å²) in [6, 6.07) is 13.4. The van der Waals surface area contributed by atoms with Crippen LogP contribution >= 0.6 is 11.6 Å². The largest absolute Gasteiger partial charge is 0.504 e. The maximum Gasteiger partial charge on any atom is 0.284 e. The van der Waals surface area contributed by atoms with Crippen LogP contribution in [0.15, 0.2) is 57.7 Å². The quantitative estimate of drug-likeness (QED) is 0.584. The Morgan fingerprint density at radius 2 is 1.91 bits per heavy atom. The molecule has 0 spiro atoms. The van der Waals surface area contributed by atoms with Gasteiger partial charge in [0, 0.05) is 10.4 Å². The molecule has 0 fully saturated rings. The van der Waals surface area contributed by atoms with Gasteiger partial charge in [-0.25, -0.2) is 0 Å². The predicted octanol–water partition coefficient (Wildman–Crippen LogP) is 3.44. The van der Waals surface area contributed by atoms with Crippen LogP contribution in [-0.2, 0) is 0 Å². The molecule has 4 rings (SSSR count). The topological polar surface area (TPSA) is 68.3 Å². The molecule has 2 aromatic carbocycles. The molecular formula is C16H9ClN2O3. The van der Waals surface area contributed by atoms with Gasteiger partial charge in [0.25, 0.3) is 5.56 Å². The number of benzene rings is 2. The number of rotatable bonds is 1. The van der Waals surface area contributed by atoms with Crippen molar-refractivity contribution in [2.24, 2.45) is 0 Å². The average molecular weight is 313 g/mol. The first-order valence-electron chi connectivity index (χ1n) is 6.54. The van der Waals surface area contributed by atoms with Crippen molar-refractivity contribution in [2.45, 2.75) is 0 Å². The van der Waals surface area contributed by atoms with Gasteiger partial charge in [0.05, 0.1) is 5.69 Å². The summed E-state index contributed by atoms with van der Waals surface area (Å²) in [5, 5.41) is 15.2. The maximum atomic E-state index is 12.5. The Morgan fingerprint density at radius 1 is 1.14 bits per heavy atom. The Hall–Kier alpha value is -2.79. The maximum absolute atomic E-state index is 12.5. The van der Waals surface area contributed by atoms with Crippen molar-refractivity contribution >= 4 is 22.6 Å². The lowest BCUT2D eigenvalue weighted by Crippen LogP contribution is -2.14. The second-order valence-electron chi connectivity index (χ2n) is 4.85. The third-order valence-electron chi connectivity index (χ3n) is 3.44. The van der Waals surface area contributed by atoms with Crippen LogP contribution < -0.4 is 5.56 Å². The van der Waals surface area contributed by atoms with Gasteiger partial charge in [-0.05, 0) is 36.4 Å². The van der Waals surface area contributed by atoms with Crippen molar-refractivity contribution in [3.05, 3.63) is 63.9 Å². The molecule has 0 radical (unpaired) electrons. The van der Waals surface area contributed by atoms with Crippen LogP contribution in [0.25, 0.3) is 28.1 Å². The molecule has 0 unspecified atom stereocenters. The number of halogens is 1. The summed E-state index contributed by atoms with van der Waals surface area (Å²) in [5.41, 5.74) is 0.962. The van der Waals surface area contributed by atoms with Crippen molar-refractivity contribution in [1.29, 1.82) is 0 Å². The minimum atomic E-state index is -0.286. The number of hydrogen-bond acceptors (Lipinski definition) is 4. The third kappa shape index (κ3) is 1.87. The van der Waals surface area contributed by atoms with E-state index in [2.05, 4.69) is 5.10 Å². The van der Waals surface area contributed by atoms with Crippen molar-refractivity contribution < 1.29 is 9.52 Å². The lowest BCUT2D eigenvalue weighted by atomic mass is 10.1. The van der Waals surface area contributed by atoms with E-state index in [-0.39, 0.29) is 17.2 Å². The molecule has 22 heavy (non-hydrogen) atoms. The molecule has 1 N–H and O–H groups in total. The highest BCUT2D eigenvalue weighted by atomic mass is 35.5. The summed E-state index contributed by atoms with van der Waals surface area (Å²) in [7, 11) is 0. The van der Waals surface area contributed by atoms with Gasteiger partial charge in [0.1, 0.15) is 5.56 Å². The van der Waals surface area contributed by atoms with E-state index >= 15 is 0 Å². The summed E-state index contributed by atoms with van der Waals surface area (Å²) in [5.74, 6) is 0.182. The fourth-order valence-corrected chi connectivity index (χ4v) is 2.50. The van der Waals surface area contributed by atoms with Crippen LogP contribution in [-0.4, -0.2) is 14.9 Å². The molecule has 6 heteroatoms. The van der Waals surface area contributed by atoms with Crippen molar-refractivity contribution in [3.8, 4) is 22.9 Å². The molecule has 108 valence electrons. The Bertz CT molecular complexity index is 1020. The number of nitrogens with zero attached hydrogens (tertiary/aromatic N) is 2. The van der Waals surface area contributed by atoms with Crippen LogP contribution in [0.5, 0.6) is 5.75 Å². The van der Waals surface area contributed by atoms with Crippen LogP contribution in [0.1, 0.15) is 0 Å². The highest BCUT2D eigenvalue weighted by molar-refractivity contribution is 6.30. The molecule has 2 aliphatic heterocycles. The van der Waals surface area contributed by atoms with E-state index in [0.29, 0.717) is 27.2 Å². The van der Waals surface area contributed by atoms with Gasteiger partial charge in [-0.3, -0.25) is 4.79 Å². The zero-order valence-corrected chi connectivity index (χ0v) is 11.9. The average Bonchev–Trinajstić information content (AvgIpc) is 2.84. The Balaban J connectivity index is 2.03. The van der Waals surface area contributed by atoms with Crippen LogP contribution in [0.4, 0.5) is 0 Å². The van der Waals surface area contributed by atoms with Gasteiger partial charge in [-0.2, -0.15) is 4.68 Å². The van der Waals surface area contributed by atoms with Crippen LogP contribution in [0, 0.1) is 0 Å². The smallest absolute Gasteiger partial charge is 0.284 e. The molecule has 0 amide bonds. The molecular weight excluding hydrogens is 304 g/mol. The van der Waals surface area contributed by atoms with Gasteiger partial charge in [0.15, 0.2) is 11.3 Å². The molecule has 0 aliphatic carbocycles. The summed E-state index contributed by atoms with van der Waals surface area (Å²) in [4.78, 5) is 12.5. The second-order valence-corrected chi connectivity index (χ2v) is 5.29. The molecule has 2 heterocycles. The molecule has 0 bridgehead atoms. The van der Waals surface area contributed by atoms with Gasteiger partial charge < -0.3 is 9.52 Å². The van der Waals surface area contributed by atoms with E-state index < -0.39 is 0 Å². The van der Waals surface area contributed by atoms with E-state index in [9.17, 15) is 9.90 Å². The number of phenolic OH excluding ortho intramolecular Hbond substituents is 1. The zero-order chi connectivity index (χ0) is 15.3. The van der Waals surface area contributed by atoms with Gasteiger partial charge in [0.2, 0.25) is 5.89 Å². The Morgan fingerprint density at radius 3 is 2.68 bits per heavy atom. The summed E-state index contributed by atoms with van der Waals surface area (Å²) in [6.45, 7) is 0. The number of hydrogen-bond donors (Lipinski definition) is 1. The van der Waals surface area contributed by atoms with Gasteiger partial charge >= 0.3 is 0 Å². The summed E-state index contributed by atoms with van der Waals surface area (Å²) in [6.07, 6.45) is 0. The van der Waals surface area contributed by atoms with E-state index in [4.69, 9.17) is 16.0 Å². The molecule has 2 aliphatic rings. The van der Waals surface area contributed by atoms with Crippen molar-refractivity contribution in [1.82, 2.24) is 9.78 Å². The number of phenols is 1. The molecule has 0 saturated carbocycles. The van der Waals surface area contributed by atoms with E-state index in [1.54, 1.807) is 42.5 Å². The Kier molecular flexibility index (Phi) is 2.71. The van der Waals surface area contributed by atoms with Crippen molar-refractivity contribution in [3.63, 3.8) is 0 Å². The standard InChI is InChI=1S/C16H9ClN2O3/c17-10-4-6-11(7-5-10)19-16(21)12-8-9-2-1-3-13(20)14(9)22-15(12)18-19/h1-8,20H. The number of aromatic hydroxyl groups is 1. The first kappa shape index (κ1) is 12.9. The lowest BCUT2D eigenvalue weighted by molar-refractivity contribution is 0.462. The third-order valence-corrected chi connectivity index (χ3v) is 3.69. The first-order valence-corrected chi connectivity index (χ1v) is 6.92. The summed E-state index contributed by atoms with van der Waals surface area (Å²) < 4.78 is 6.83. The van der Waals surface area contributed by atoms with E-state index in [0.717, 1.165) is 0 Å². The number of aromatic nitrogens is 2. The van der Waals surface area contributed by atoms with E-state index in [1.807, 2.05) is 0 Å².